The summed E-state index contributed by atoms with van der Waals surface area (Å²) in [6, 6.07) is 6.42. The summed E-state index contributed by atoms with van der Waals surface area (Å²) in [5.41, 5.74) is 2.39. The topological polar surface area (TPSA) is 32.7 Å². The number of rotatable bonds is 3. The second kappa shape index (κ2) is 6.12. The Morgan fingerprint density at radius 1 is 1.22 bits per heavy atom. The predicted molar refractivity (Wildman–Crippen MR) is 92.8 cm³/mol. The zero-order chi connectivity index (χ0) is 16.0. The van der Waals surface area contributed by atoms with Gasteiger partial charge in [0, 0.05) is 23.2 Å². The Bertz CT molecular complexity index is 616. The molecule has 2 fully saturated rings. The Hall–Kier alpha value is -1.03. The minimum atomic E-state index is -0.0491. The van der Waals surface area contributed by atoms with E-state index in [-0.39, 0.29) is 6.10 Å². The summed E-state index contributed by atoms with van der Waals surface area (Å²) in [6.45, 7) is 1.61. The number of aliphatic hydroxyl groups excluding tert-OH is 1. The molecule has 3 aliphatic rings. The molecule has 2 unspecified atom stereocenters. The molecule has 2 saturated carbocycles. The molecule has 3 nitrogen and oxygen atoms in total. The molecule has 2 aliphatic carbocycles. The van der Waals surface area contributed by atoms with Crippen molar-refractivity contribution in [1.29, 1.82) is 0 Å². The minimum Gasteiger partial charge on any atom is -0.489 e. The quantitative estimate of drug-likeness (QED) is 0.917. The standard InChI is InChI=1S/C19H24ClNO2/c1-21(17-6-13-8-18(22)9-14(13)7-17)10-12-4-15-5-16(20)2-3-19(15)23-11-12/h2-5,13-14,17-18,22H,6-11H2,1H3/t13-,14+,17?,18?. The SMILES string of the molecule is CN(CC1=Cc2cc(Cl)ccc2OC1)C1C[C@H]2CC(O)C[C@H]2C1. The van der Waals surface area contributed by atoms with Crippen molar-refractivity contribution in [3.8, 4) is 5.75 Å². The van der Waals surface area contributed by atoms with Crippen LogP contribution < -0.4 is 4.74 Å². The fourth-order valence-electron chi connectivity index (χ4n) is 4.65. The average Bonchev–Trinajstić information content (AvgIpc) is 3.04. The number of ether oxygens (including phenoxy) is 1. The largest absolute Gasteiger partial charge is 0.489 e. The van der Waals surface area contributed by atoms with Crippen molar-refractivity contribution in [2.75, 3.05) is 20.2 Å². The first-order chi connectivity index (χ1) is 11.1. The van der Waals surface area contributed by atoms with Crippen LogP contribution in [0.15, 0.2) is 23.8 Å². The molecule has 0 spiro atoms. The Balaban J connectivity index is 1.41. The number of halogens is 1. The lowest BCUT2D eigenvalue weighted by Gasteiger charge is -2.28. The number of benzene rings is 1. The van der Waals surface area contributed by atoms with Crippen LogP contribution in [0.3, 0.4) is 0 Å². The lowest BCUT2D eigenvalue weighted by atomic mass is 10.0. The molecule has 4 heteroatoms. The molecule has 1 aliphatic heterocycles. The van der Waals surface area contributed by atoms with E-state index in [0.29, 0.717) is 12.6 Å². The fraction of sp³-hybridized carbons (Fsp3) is 0.579. The van der Waals surface area contributed by atoms with Crippen LogP contribution in [0.1, 0.15) is 31.2 Å². The molecule has 124 valence electrons. The summed E-state index contributed by atoms with van der Waals surface area (Å²) in [6.07, 6.45) is 6.65. The van der Waals surface area contributed by atoms with Gasteiger partial charge in [-0.2, -0.15) is 0 Å². The normalized spacial score (nSPS) is 32.4. The van der Waals surface area contributed by atoms with Gasteiger partial charge in [-0.25, -0.2) is 0 Å². The van der Waals surface area contributed by atoms with Gasteiger partial charge < -0.3 is 9.84 Å². The van der Waals surface area contributed by atoms with Crippen LogP contribution in [-0.2, 0) is 0 Å². The first-order valence-electron chi connectivity index (χ1n) is 8.58. The second-order valence-corrected chi connectivity index (χ2v) is 7.90. The van der Waals surface area contributed by atoms with Gasteiger partial charge in [0.1, 0.15) is 12.4 Å². The van der Waals surface area contributed by atoms with Crippen molar-refractivity contribution in [3.05, 3.63) is 34.4 Å². The van der Waals surface area contributed by atoms with Gasteiger partial charge in [0.2, 0.25) is 0 Å². The highest BCUT2D eigenvalue weighted by atomic mass is 35.5. The lowest BCUT2D eigenvalue weighted by Crippen LogP contribution is -2.33. The van der Waals surface area contributed by atoms with E-state index < -0.39 is 0 Å². The Labute approximate surface area is 142 Å². The number of hydrogen-bond donors (Lipinski definition) is 1. The van der Waals surface area contributed by atoms with E-state index in [4.69, 9.17) is 16.3 Å². The molecule has 0 amide bonds. The molecule has 1 aromatic rings. The summed E-state index contributed by atoms with van der Waals surface area (Å²) in [5, 5.41) is 10.5. The molecular formula is C19H24ClNO2. The molecule has 4 atom stereocenters. The fourth-order valence-corrected chi connectivity index (χ4v) is 4.83. The Morgan fingerprint density at radius 2 is 1.96 bits per heavy atom. The van der Waals surface area contributed by atoms with Gasteiger partial charge in [-0.3, -0.25) is 4.90 Å². The van der Waals surface area contributed by atoms with Crippen LogP contribution in [0.2, 0.25) is 5.02 Å². The van der Waals surface area contributed by atoms with Crippen molar-refractivity contribution in [1.82, 2.24) is 4.90 Å². The zero-order valence-electron chi connectivity index (χ0n) is 13.5. The number of likely N-dealkylation sites (N-methyl/N-ethyl adjacent to an activating group) is 1. The lowest BCUT2D eigenvalue weighted by molar-refractivity contribution is 0.161. The summed E-state index contributed by atoms with van der Waals surface area (Å²) in [7, 11) is 2.22. The third-order valence-corrected chi connectivity index (χ3v) is 6.02. The number of aliphatic hydroxyl groups is 1. The van der Waals surface area contributed by atoms with Gasteiger partial charge in [0.15, 0.2) is 0 Å². The Kier molecular flexibility index (Phi) is 4.12. The monoisotopic (exact) mass is 333 g/mol. The molecule has 1 N–H and O–H groups in total. The summed E-state index contributed by atoms with van der Waals surface area (Å²) >= 11 is 6.08. The smallest absolute Gasteiger partial charge is 0.127 e. The maximum Gasteiger partial charge on any atom is 0.127 e. The second-order valence-electron chi connectivity index (χ2n) is 7.46. The van der Waals surface area contributed by atoms with E-state index >= 15 is 0 Å². The summed E-state index contributed by atoms with van der Waals surface area (Å²) in [4.78, 5) is 2.47. The molecule has 23 heavy (non-hydrogen) atoms. The van der Waals surface area contributed by atoms with Gasteiger partial charge in [0.05, 0.1) is 6.10 Å². The first kappa shape index (κ1) is 15.5. The van der Waals surface area contributed by atoms with Crippen molar-refractivity contribution < 1.29 is 9.84 Å². The highest BCUT2D eigenvalue weighted by Gasteiger charge is 2.42. The van der Waals surface area contributed by atoms with E-state index in [2.05, 4.69) is 18.0 Å². The van der Waals surface area contributed by atoms with Crippen LogP contribution in [0.25, 0.3) is 6.08 Å². The first-order valence-corrected chi connectivity index (χ1v) is 8.96. The molecule has 1 aromatic carbocycles. The Morgan fingerprint density at radius 3 is 2.70 bits per heavy atom. The van der Waals surface area contributed by atoms with E-state index in [1.165, 1.54) is 18.4 Å². The van der Waals surface area contributed by atoms with Crippen LogP contribution in [-0.4, -0.2) is 42.4 Å². The van der Waals surface area contributed by atoms with Gasteiger partial charge in [0.25, 0.3) is 0 Å². The maximum absolute atomic E-state index is 9.79. The molecule has 0 radical (unpaired) electrons. The predicted octanol–water partition coefficient (Wildman–Crippen LogP) is 3.60. The molecule has 0 bridgehead atoms. The molecule has 1 heterocycles. The average molecular weight is 334 g/mol. The van der Waals surface area contributed by atoms with Crippen molar-refractivity contribution >= 4 is 17.7 Å². The minimum absolute atomic E-state index is 0.0491. The van der Waals surface area contributed by atoms with Crippen LogP contribution in [0.4, 0.5) is 0 Å². The number of hydrogen-bond acceptors (Lipinski definition) is 3. The van der Waals surface area contributed by atoms with Gasteiger partial charge in [-0.05, 0) is 74.4 Å². The van der Waals surface area contributed by atoms with Crippen LogP contribution >= 0.6 is 11.6 Å². The summed E-state index contributed by atoms with van der Waals surface area (Å²) in [5.74, 6) is 2.38. The van der Waals surface area contributed by atoms with Crippen molar-refractivity contribution in [3.63, 3.8) is 0 Å². The van der Waals surface area contributed by atoms with E-state index in [0.717, 1.165) is 47.6 Å². The van der Waals surface area contributed by atoms with Crippen LogP contribution in [0.5, 0.6) is 5.75 Å². The highest BCUT2D eigenvalue weighted by molar-refractivity contribution is 6.30. The molecular weight excluding hydrogens is 310 g/mol. The number of fused-ring (bicyclic) bond motifs is 2. The van der Waals surface area contributed by atoms with Crippen molar-refractivity contribution in [2.24, 2.45) is 11.8 Å². The third kappa shape index (κ3) is 3.15. The molecule has 4 rings (SSSR count). The highest BCUT2D eigenvalue weighted by Crippen LogP contribution is 2.45. The van der Waals surface area contributed by atoms with E-state index in [9.17, 15) is 5.11 Å². The van der Waals surface area contributed by atoms with E-state index in [1.54, 1.807) is 0 Å². The number of nitrogens with zero attached hydrogens (tertiary/aromatic N) is 1. The zero-order valence-corrected chi connectivity index (χ0v) is 14.3. The van der Waals surface area contributed by atoms with E-state index in [1.807, 2.05) is 18.2 Å². The maximum atomic E-state index is 9.79. The third-order valence-electron chi connectivity index (χ3n) is 5.79. The van der Waals surface area contributed by atoms with Gasteiger partial charge >= 0.3 is 0 Å². The van der Waals surface area contributed by atoms with Crippen LogP contribution in [0, 0.1) is 11.8 Å². The van der Waals surface area contributed by atoms with Gasteiger partial charge in [-0.1, -0.05) is 11.6 Å². The van der Waals surface area contributed by atoms with Gasteiger partial charge in [-0.15, -0.1) is 0 Å². The summed E-state index contributed by atoms with van der Waals surface area (Å²) < 4.78 is 5.86. The molecule has 0 aromatic heterocycles. The molecule has 0 saturated heterocycles. The van der Waals surface area contributed by atoms with Crippen molar-refractivity contribution in [2.45, 2.75) is 37.8 Å².